The average Bonchev–Trinajstić information content (AvgIpc) is 1.63. The van der Waals surface area contributed by atoms with Gasteiger partial charge in [0.15, 0.2) is 0 Å². The lowest BCUT2D eigenvalue weighted by Crippen LogP contribution is -2.37. The van der Waals surface area contributed by atoms with Gasteiger partial charge in [0.2, 0.25) is 6.41 Å². The number of nitrogens with two attached hydrogens (primary N) is 1. The Bertz CT molecular complexity index is 83.1. The third-order valence-corrected chi connectivity index (χ3v) is 1.01. The highest BCUT2D eigenvalue weighted by atomic mass is 16.1. The molecule has 0 bridgehead atoms. The zero-order chi connectivity index (χ0) is 7.28. The third-order valence-electron chi connectivity index (χ3n) is 1.01. The molecule has 3 nitrogen and oxygen atoms in total. The van der Waals surface area contributed by atoms with Crippen molar-refractivity contribution >= 4 is 6.41 Å². The molecule has 9 heavy (non-hydrogen) atoms. The normalized spacial score (nSPS) is 13.3. The van der Waals surface area contributed by atoms with Crippen LogP contribution in [-0.4, -0.2) is 12.6 Å². The van der Waals surface area contributed by atoms with Crippen LogP contribution < -0.4 is 11.1 Å². The Labute approximate surface area is 55.6 Å². The molecule has 3 N–H and O–H groups in total. The molecule has 0 radical (unpaired) electrons. The molecule has 0 aromatic rings. The second kappa shape index (κ2) is 4.32. The maximum Gasteiger partial charge on any atom is 0.208 e. The predicted molar refractivity (Wildman–Crippen MR) is 36.6 cm³/mol. The van der Waals surface area contributed by atoms with Gasteiger partial charge < -0.3 is 11.1 Å². The highest BCUT2D eigenvalue weighted by Gasteiger charge is 2.01. The first-order valence-electron chi connectivity index (χ1n) is 3.12. The Morgan fingerprint density at radius 1 is 1.67 bits per heavy atom. The van der Waals surface area contributed by atoms with E-state index in [4.69, 9.17) is 5.73 Å². The summed E-state index contributed by atoms with van der Waals surface area (Å²) in [7, 11) is 0. The van der Waals surface area contributed by atoms with Crippen LogP contribution in [0.25, 0.3) is 0 Å². The number of amides is 1. The molecule has 0 fully saturated rings. The first-order chi connectivity index (χ1) is 4.16. The minimum atomic E-state index is -0.178. The van der Waals surface area contributed by atoms with Gasteiger partial charge in [0.05, 0.1) is 6.17 Å². The summed E-state index contributed by atoms with van der Waals surface area (Å²) in [4.78, 5) is 9.81. The van der Waals surface area contributed by atoms with Gasteiger partial charge in [0, 0.05) is 0 Å². The Morgan fingerprint density at radius 2 is 2.22 bits per heavy atom. The van der Waals surface area contributed by atoms with Crippen molar-refractivity contribution in [2.75, 3.05) is 0 Å². The van der Waals surface area contributed by atoms with Gasteiger partial charge in [0.1, 0.15) is 0 Å². The molecule has 0 saturated carbocycles. The molecule has 1 atom stereocenters. The molecule has 1 amide bonds. The Kier molecular flexibility index (Phi) is 4.05. The number of hydrogen-bond donors (Lipinski definition) is 2. The van der Waals surface area contributed by atoms with E-state index in [9.17, 15) is 4.79 Å². The number of carbonyl (C=O) groups is 1. The average molecular weight is 130 g/mol. The fourth-order valence-electron chi connectivity index (χ4n) is 0.663. The summed E-state index contributed by atoms with van der Waals surface area (Å²) in [6.07, 6.45) is 1.29. The van der Waals surface area contributed by atoms with Gasteiger partial charge in [0.25, 0.3) is 0 Å². The van der Waals surface area contributed by atoms with Crippen molar-refractivity contribution < 1.29 is 4.79 Å². The molecule has 0 aliphatic rings. The molecule has 3 heteroatoms. The first-order valence-corrected chi connectivity index (χ1v) is 3.12. The van der Waals surface area contributed by atoms with Crippen LogP contribution in [0.15, 0.2) is 0 Å². The van der Waals surface area contributed by atoms with Crippen LogP contribution in [0, 0.1) is 5.92 Å². The molecule has 0 aliphatic heterocycles. The second-order valence-corrected chi connectivity index (χ2v) is 2.52. The van der Waals surface area contributed by atoms with Gasteiger partial charge in [-0.1, -0.05) is 13.8 Å². The van der Waals surface area contributed by atoms with Crippen LogP contribution in [0.2, 0.25) is 0 Å². The van der Waals surface area contributed by atoms with Crippen molar-refractivity contribution in [2.24, 2.45) is 11.7 Å². The minimum Gasteiger partial charge on any atom is -0.344 e. The van der Waals surface area contributed by atoms with Crippen LogP contribution in [-0.2, 0) is 4.79 Å². The van der Waals surface area contributed by atoms with Crippen molar-refractivity contribution in [3.05, 3.63) is 0 Å². The van der Waals surface area contributed by atoms with E-state index in [-0.39, 0.29) is 6.17 Å². The molecule has 54 valence electrons. The lowest BCUT2D eigenvalue weighted by Gasteiger charge is -2.11. The summed E-state index contributed by atoms with van der Waals surface area (Å²) in [5.74, 6) is 0.535. The van der Waals surface area contributed by atoms with Crippen LogP contribution >= 0.6 is 0 Å². The van der Waals surface area contributed by atoms with Gasteiger partial charge in [-0.2, -0.15) is 0 Å². The topological polar surface area (TPSA) is 55.1 Å². The summed E-state index contributed by atoms with van der Waals surface area (Å²) in [5.41, 5.74) is 5.44. The summed E-state index contributed by atoms with van der Waals surface area (Å²) in [5, 5.41) is 2.47. The Hall–Kier alpha value is -0.570. The van der Waals surface area contributed by atoms with E-state index in [0.29, 0.717) is 12.3 Å². The highest BCUT2D eigenvalue weighted by molar-refractivity contribution is 5.46. The van der Waals surface area contributed by atoms with Crippen molar-refractivity contribution in [3.63, 3.8) is 0 Å². The van der Waals surface area contributed by atoms with Gasteiger partial charge >= 0.3 is 0 Å². The van der Waals surface area contributed by atoms with Crippen molar-refractivity contribution in [1.82, 2.24) is 5.32 Å². The number of carbonyl (C=O) groups excluding carboxylic acids is 1. The summed E-state index contributed by atoms with van der Waals surface area (Å²) in [6, 6.07) is 0. The lowest BCUT2D eigenvalue weighted by atomic mass is 10.1. The van der Waals surface area contributed by atoms with Gasteiger partial charge in [-0.05, 0) is 12.3 Å². The number of nitrogens with one attached hydrogen (secondary N) is 1. The van der Waals surface area contributed by atoms with Crippen molar-refractivity contribution in [1.29, 1.82) is 0 Å². The molecule has 0 saturated heterocycles. The molecule has 0 heterocycles. The summed E-state index contributed by atoms with van der Waals surface area (Å²) < 4.78 is 0. The SMILES string of the molecule is CC(C)C[C@@H](N)NC=O. The predicted octanol–water partition coefficient (Wildman–Crippen LogP) is 0.0633. The monoisotopic (exact) mass is 130 g/mol. The number of hydrogen-bond acceptors (Lipinski definition) is 2. The van der Waals surface area contributed by atoms with Gasteiger partial charge in [-0.15, -0.1) is 0 Å². The molecule has 0 spiro atoms. The van der Waals surface area contributed by atoms with E-state index in [1.54, 1.807) is 0 Å². The van der Waals surface area contributed by atoms with Crippen LogP contribution in [0.1, 0.15) is 20.3 Å². The van der Waals surface area contributed by atoms with E-state index in [1.807, 2.05) is 0 Å². The first kappa shape index (κ1) is 8.43. The van der Waals surface area contributed by atoms with Crippen molar-refractivity contribution in [3.8, 4) is 0 Å². The van der Waals surface area contributed by atoms with Crippen molar-refractivity contribution in [2.45, 2.75) is 26.4 Å². The lowest BCUT2D eigenvalue weighted by molar-refractivity contribution is -0.110. The summed E-state index contributed by atoms with van der Waals surface area (Å²) in [6.45, 7) is 4.12. The quantitative estimate of drug-likeness (QED) is 0.418. The third kappa shape index (κ3) is 5.30. The van der Waals surface area contributed by atoms with E-state index >= 15 is 0 Å². The maximum absolute atomic E-state index is 9.81. The molecule has 0 aliphatic carbocycles. The molecular formula is C6H14N2O. The zero-order valence-electron chi connectivity index (χ0n) is 5.92. The van der Waals surface area contributed by atoms with Gasteiger partial charge in [-0.3, -0.25) is 4.79 Å². The maximum atomic E-state index is 9.81. The second-order valence-electron chi connectivity index (χ2n) is 2.52. The largest absolute Gasteiger partial charge is 0.344 e. The van der Waals surface area contributed by atoms with Crippen LogP contribution in [0.3, 0.4) is 0 Å². The van der Waals surface area contributed by atoms with E-state index < -0.39 is 0 Å². The standard InChI is InChI=1S/C6H14N2O/c1-5(2)3-6(7)8-4-9/h4-6H,3,7H2,1-2H3,(H,8,9)/t6-/m0/s1. The highest BCUT2D eigenvalue weighted by Crippen LogP contribution is 1.98. The Morgan fingerprint density at radius 3 is 2.56 bits per heavy atom. The van der Waals surface area contributed by atoms with Crippen LogP contribution in [0.4, 0.5) is 0 Å². The van der Waals surface area contributed by atoms with Crippen LogP contribution in [0.5, 0.6) is 0 Å². The zero-order valence-corrected chi connectivity index (χ0v) is 5.92. The molecule has 0 rings (SSSR count). The number of rotatable bonds is 4. The molecular weight excluding hydrogens is 116 g/mol. The molecule has 0 unspecified atom stereocenters. The Balaban J connectivity index is 3.25. The minimum absolute atomic E-state index is 0.178. The van der Waals surface area contributed by atoms with Gasteiger partial charge in [-0.25, -0.2) is 0 Å². The summed E-state index contributed by atoms with van der Waals surface area (Å²) >= 11 is 0. The van der Waals surface area contributed by atoms with E-state index in [2.05, 4.69) is 19.2 Å². The fraction of sp³-hybridized carbons (Fsp3) is 0.833. The molecule has 0 aromatic heterocycles. The smallest absolute Gasteiger partial charge is 0.208 e. The fourth-order valence-corrected chi connectivity index (χ4v) is 0.663. The van der Waals surface area contributed by atoms with E-state index in [0.717, 1.165) is 6.42 Å². The molecule has 0 aromatic carbocycles. The van der Waals surface area contributed by atoms with E-state index in [1.165, 1.54) is 0 Å².